The van der Waals surface area contributed by atoms with E-state index in [2.05, 4.69) is 45.4 Å². The van der Waals surface area contributed by atoms with Gasteiger partial charge >= 0.3 is 0 Å². The SMILES string of the molecule is C=C1CCC(n2cc(Br)c3cc(C#N)c(C)cc32)CC1. The van der Waals surface area contributed by atoms with Crippen molar-refractivity contribution in [2.24, 2.45) is 0 Å². The highest BCUT2D eigenvalue weighted by Gasteiger charge is 2.20. The zero-order valence-corrected chi connectivity index (χ0v) is 13.2. The summed E-state index contributed by atoms with van der Waals surface area (Å²) in [4.78, 5) is 0. The highest BCUT2D eigenvalue weighted by molar-refractivity contribution is 9.10. The van der Waals surface area contributed by atoms with Crippen LogP contribution >= 0.6 is 15.9 Å². The monoisotopic (exact) mass is 328 g/mol. The number of aryl methyl sites for hydroxylation is 1. The van der Waals surface area contributed by atoms with Gasteiger partial charge in [-0.05, 0) is 66.2 Å². The average molecular weight is 329 g/mol. The van der Waals surface area contributed by atoms with Crippen molar-refractivity contribution in [3.63, 3.8) is 0 Å². The smallest absolute Gasteiger partial charge is 0.0994 e. The molecular formula is C17H17BrN2. The summed E-state index contributed by atoms with van der Waals surface area (Å²) in [6.07, 6.45) is 6.74. The van der Waals surface area contributed by atoms with Crippen molar-refractivity contribution < 1.29 is 0 Å². The summed E-state index contributed by atoms with van der Waals surface area (Å²) < 4.78 is 3.45. The third kappa shape index (κ3) is 2.19. The minimum Gasteiger partial charge on any atom is -0.343 e. The van der Waals surface area contributed by atoms with Crippen LogP contribution in [0.1, 0.15) is 42.9 Å². The van der Waals surface area contributed by atoms with Crippen molar-refractivity contribution in [2.75, 3.05) is 0 Å². The predicted molar refractivity (Wildman–Crippen MR) is 85.7 cm³/mol. The van der Waals surface area contributed by atoms with E-state index in [1.807, 2.05) is 13.0 Å². The molecule has 0 amide bonds. The quantitative estimate of drug-likeness (QED) is 0.657. The van der Waals surface area contributed by atoms with E-state index >= 15 is 0 Å². The van der Waals surface area contributed by atoms with Crippen LogP contribution in [0.25, 0.3) is 10.9 Å². The molecule has 0 unspecified atom stereocenters. The standard InChI is InChI=1S/C17H17BrN2/c1-11-3-5-14(6-4-11)20-10-16(18)15-8-13(9-19)12(2)7-17(15)20/h7-8,10,14H,1,3-6H2,2H3. The molecule has 2 aromatic rings. The van der Waals surface area contributed by atoms with Crippen molar-refractivity contribution in [1.29, 1.82) is 5.26 Å². The summed E-state index contributed by atoms with van der Waals surface area (Å²) in [6, 6.07) is 6.94. The Morgan fingerprint density at radius 2 is 2.05 bits per heavy atom. The minimum absolute atomic E-state index is 0.543. The Kier molecular flexibility index (Phi) is 3.43. The van der Waals surface area contributed by atoms with Gasteiger partial charge in [-0.1, -0.05) is 12.2 Å². The lowest BCUT2D eigenvalue weighted by atomic mass is 9.91. The first-order valence-electron chi connectivity index (χ1n) is 6.97. The van der Waals surface area contributed by atoms with Gasteiger partial charge in [0, 0.05) is 27.6 Å². The Morgan fingerprint density at radius 1 is 1.35 bits per heavy atom. The van der Waals surface area contributed by atoms with Crippen molar-refractivity contribution in [3.8, 4) is 6.07 Å². The Bertz CT molecular complexity index is 724. The molecule has 0 aliphatic heterocycles. The number of nitriles is 1. The molecule has 102 valence electrons. The highest BCUT2D eigenvalue weighted by atomic mass is 79.9. The Labute approximate surface area is 127 Å². The molecule has 1 heterocycles. The fourth-order valence-corrected chi connectivity index (χ4v) is 3.61. The molecule has 1 aromatic heterocycles. The van der Waals surface area contributed by atoms with Gasteiger partial charge < -0.3 is 4.57 Å². The third-order valence-corrected chi connectivity index (χ3v) is 4.94. The molecule has 0 spiro atoms. The number of hydrogen-bond donors (Lipinski definition) is 0. The highest BCUT2D eigenvalue weighted by Crippen LogP contribution is 2.37. The van der Waals surface area contributed by atoms with E-state index in [1.54, 1.807) is 0 Å². The van der Waals surface area contributed by atoms with E-state index < -0.39 is 0 Å². The molecular weight excluding hydrogens is 312 g/mol. The molecule has 1 aliphatic rings. The van der Waals surface area contributed by atoms with Crippen LogP contribution in [0.15, 0.2) is 35.0 Å². The fourth-order valence-electron chi connectivity index (χ4n) is 3.07. The topological polar surface area (TPSA) is 28.7 Å². The number of allylic oxidation sites excluding steroid dienone is 1. The minimum atomic E-state index is 0.543. The molecule has 1 saturated carbocycles. The van der Waals surface area contributed by atoms with Gasteiger partial charge in [-0.25, -0.2) is 0 Å². The van der Waals surface area contributed by atoms with Crippen molar-refractivity contribution >= 4 is 26.8 Å². The van der Waals surface area contributed by atoms with E-state index in [9.17, 15) is 5.26 Å². The number of halogens is 1. The fraction of sp³-hybridized carbons (Fsp3) is 0.353. The first kappa shape index (κ1) is 13.5. The normalized spacial score (nSPS) is 16.6. The number of rotatable bonds is 1. The zero-order valence-electron chi connectivity index (χ0n) is 11.6. The largest absolute Gasteiger partial charge is 0.343 e. The van der Waals surface area contributed by atoms with Gasteiger partial charge in [0.15, 0.2) is 0 Å². The first-order chi connectivity index (χ1) is 9.60. The van der Waals surface area contributed by atoms with Crippen LogP contribution in [0, 0.1) is 18.3 Å². The Hall–Kier alpha value is -1.53. The van der Waals surface area contributed by atoms with Crippen LogP contribution in [-0.2, 0) is 0 Å². The van der Waals surface area contributed by atoms with Gasteiger partial charge in [-0.15, -0.1) is 0 Å². The van der Waals surface area contributed by atoms with E-state index in [0.29, 0.717) is 6.04 Å². The van der Waals surface area contributed by atoms with Crippen LogP contribution in [-0.4, -0.2) is 4.57 Å². The first-order valence-corrected chi connectivity index (χ1v) is 7.77. The maximum absolute atomic E-state index is 9.17. The molecule has 0 N–H and O–H groups in total. The number of fused-ring (bicyclic) bond motifs is 1. The second kappa shape index (κ2) is 5.10. The lowest BCUT2D eigenvalue weighted by molar-refractivity contribution is 0.409. The predicted octanol–water partition coefficient (Wildman–Crippen LogP) is 5.26. The van der Waals surface area contributed by atoms with Gasteiger partial charge in [-0.2, -0.15) is 5.26 Å². The van der Waals surface area contributed by atoms with Gasteiger partial charge in [0.05, 0.1) is 11.6 Å². The molecule has 1 fully saturated rings. The van der Waals surface area contributed by atoms with Gasteiger partial charge in [0.1, 0.15) is 0 Å². The average Bonchev–Trinajstić information content (AvgIpc) is 2.75. The summed E-state index contributed by atoms with van der Waals surface area (Å²) in [5.41, 5.74) is 4.41. The summed E-state index contributed by atoms with van der Waals surface area (Å²) in [5, 5.41) is 10.3. The molecule has 0 atom stereocenters. The number of nitrogens with zero attached hydrogens (tertiary/aromatic N) is 2. The molecule has 3 heteroatoms. The third-order valence-electron chi connectivity index (χ3n) is 4.31. The van der Waals surface area contributed by atoms with E-state index in [0.717, 1.165) is 46.7 Å². The van der Waals surface area contributed by atoms with Crippen LogP contribution in [0.5, 0.6) is 0 Å². The summed E-state index contributed by atoms with van der Waals surface area (Å²) in [5.74, 6) is 0. The van der Waals surface area contributed by atoms with Gasteiger partial charge in [-0.3, -0.25) is 0 Å². The number of hydrogen-bond acceptors (Lipinski definition) is 1. The second-order valence-corrected chi connectivity index (χ2v) is 6.52. The molecule has 0 radical (unpaired) electrons. The van der Waals surface area contributed by atoms with Crippen LogP contribution < -0.4 is 0 Å². The second-order valence-electron chi connectivity index (χ2n) is 5.66. The van der Waals surface area contributed by atoms with Crippen LogP contribution in [0.2, 0.25) is 0 Å². The van der Waals surface area contributed by atoms with Gasteiger partial charge in [0.25, 0.3) is 0 Å². The maximum Gasteiger partial charge on any atom is 0.0994 e. The summed E-state index contributed by atoms with van der Waals surface area (Å²) in [7, 11) is 0. The van der Waals surface area contributed by atoms with Crippen molar-refractivity contribution in [3.05, 3.63) is 46.1 Å². The summed E-state index contributed by atoms with van der Waals surface area (Å²) >= 11 is 3.64. The molecule has 2 nitrogen and oxygen atoms in total. The lowest BCUT2D eigenvalue weighted by Crippen LogP contribution is -2.12. The molecule has 1 aromatic carbocycles. The van der Waals surface area contributed by atoms with E-state index in [4.69, 9.17) is 0 Å². The maximum atomic E-state index is 9.17. The number of benzene rings is 1. The van der Waals surface area contributed by atoms with Crippen molar-refractivity contribution in [2.45, 2.75) is 38.6 Å². The molecule has 20 heavy (non-hydrogen) atoms. The molecule has 1 aliphatic carbocycles. The molecule has 0 bridgehead atoms. The Balaban J connectivity index is 2.11. The van der Waals surface area contributed by atoms with Crippen molar-refractivity contribution in [1.82, 2.24) is 4.57 Å². The van der Waals surface area contributed by atoms with Crippen LogP contribution in [0.3, 0.4) is 0 Å². The van der Waals surface area contributed by atoms with E-state index in [-0.39, 0.29) is 0 Å². The van der Waals surface area contributed by atoms with E-state index in [1.165, 1.54) is 11.1 Å². The molecule has 3 rings (SSSR count). The van der Waals surface area contributed by atoms with Gasteiger partial charge in [0.2, 0.25) is 0 Å². The zero-order chi connectivity index (χ0) is 14.3. The number of aromatic nitrogens is 1. The Morgan fingerprint density at radius 3 is 2.70 bits per heavy atom. The van der Waals surface area contributed by atoms with Crippen LogP contribution in [0.4, 0.5) is 0 Å². The molecule has 0 saturated heterocycles. The lowest BCUT2D eigenvalue weighted by Gasteiger charge is -2.25. The summed E-state index contributed by atoms with van der Waals surface area (Å²) in [6.45, 7) is 6.10.